The molecule has 9 heteroatoms. The number of guanidine groups is 1. The predicted molar refractivity (Wildman–Crippen MR) is 101 cm³/mol. The van der Waals surface area contributed by atoms with Gasteiger partial charge in [0.15, 0.2) is 12.6 Å². The molecule has 0 saturated heterocycles. The van der Waals surface area contributed by atoms with Gasteiger partial charge in [0.05, 0.1) is 6.61 Å². The Hall–Kier alpha value is -2.97. The summed E-state index contributed by atoms with van der Waals surface area (Å²) in [6.45, 7) is 0.00957. The Morgan fingerprint density at radius 1 is 1.07 bits per heavy atom. The molecule has 0 atom stereocenters. The number of nitrogens with zero attached hydrogens (tertiary/aromatic N) is 2. The van der Waals surface area contributed by atoms with E-state index < -0.39 is 12.8 Å². The maximum Gasteiger partial charge on any atom is 0.422 e. The van der Waals surface area contributed by atoms with Gasteiger partial charge in [0.2, 0.25) is 5.88 Å². The molecule has 0 spiro atoms. The molecule has 0 amide bonds. The summed E-state index contributed by atoms with van der Waals surface area (Å²) in [4.78, 5) is 7.95. The van der Waals surface area contributed by atoms with E-state index in [9.17, 15) is 13.2 Å². The molecule has 1 aromatic heterocycles. The third-order valence-corrected chi connectivity index (χ3v) is 3.52. The standard InChI is InChI=1S/C19H23F3N4O2/c1-23-18(25-11-6-12-27-16-8-3-2-4-9-16)26-13-15-7-5-10-24-17(15)28-14-19(20,21)22/h2-5,7-10H,6,11-14H2,1H3,(H2,23,25,26). The lowest BCUT2D eigenvalue weighted by atomic mass is 10.2. The van der Waals surface area contributed by atoms with Gasteiger partial charge in [-0.05, 0) is 24.6 Å². The molecule has 2 aromatic rings. The fraction of sp³-hybridized carbons (Fsp3) is 0.368. The summed E-state index contributed by atoms with van der Waals surface area (Å²) in [7, 11) is 1.61. The lowest BCUT2D eigenvalue weighted by Gasteiger charge is -2.15. The Morgan fingerprint density at radius 3 is 2.57 bits per heavy atom. The molecule has 0 unspecified atom stereocenters. The van der Waals surface area contributed by atoms with Crippen LogP contribution in [0.4, 0.5) is 13.2 Å². The summed E-state index contributed by atoms with van der Waals surface area (Å²) in [5.41, 5.74) is 0.502. The second kappa shape index (κ2) is 11.0. The van der Waals surface area contributed by atoms with Crippen molar-refractivity contribution in [3.8, 4) is 11.6 Å². The average Bonchev–Trinajstić information content (AvgIpc) is 2.69. The van der Waals surface area contributed by atoms with E-state index in [0.29, 0.717) is 24.7 Å². The summed E-state index contributed by atoms with van der Waals surface area (Å²) >= 11 is 0. The largest absolute Gasteiger partial charge is 0.494 e. The van der Waals surface area contributed by atoms with E-state index in [4.69, 9.17) is 9.47 Å². The zero-order chi connectivity index (χ0) is 20.2. The van der Waals surface area contributed by atoms with Crippen molar-refractivity contribution in [3.63, 3.8) is 0 Å². The van der Waals surface area contributed by atoms with E-state index in [1.165, 1.54) is 6.20 Å². The molecule has 6 nitrogen and oxygen atoms in total. The number of nitrogens with one attached hydrogen (secondary N) is 2. The zero-order valence-corrected chi connectivity index (χ0v) is 15.5. The van der Waals surface area contributed by atoms with Crippen molar-refractivity contribution in [1.82, 2.24) is 15.6 Å². The van der Waals surface area contributed by atoms with Crippen LogP contribution in [0, 0.1) is 0 Å². The number of hydrogen-bond acceptors (Lipinski definition) is 4. The number of ether oxygens (including phenoxy) is 2. The minimum absolute atomic E-state index is 0.0564. The fourth-order valence-corrected chi connectivity index (χ4v) is 2.22. The number of aliphatic imine (C=N–C) groups is 1. The van der Waals surface area contributed by atoms with Gasteiger partial charge in [-0.2, -0.15) is 13.2 Å². The molecule has 152 valence electrons. The van der Waals surface area contributed by atoms with Gasteiger partial charge >= 0.3 is 6.18 Å². The van der Waals surface area contributed by atoms with Gasteiger partial charge in [0.25, 0.3) is 0 Å². The highest BCUT2D eigenvalue weighted by Crippen LogP contribution is 2.19. The summed E-state index contributed by atoms with van der Waals surface area (Å²) in [5, 5.41) is 6.15. The van der Waals surface area contributed by atoms with E-state index in [-0.39, 0.29) is 12.4 Å². The molecule has 0 fully saturated rings. The Labute approximate surface area is 161 Å². The highest BCUT2D eigenvalue weighted by molar-refractivity contribution is 5.79. The van der Waals surface area contributed by atoms with Crippen LogP contribution >= 0.6 is 0 Å². The molecule has 1 aromatic carbocycles. The second-order valence-electron chi connectivity index (χ2n) is 5.74. The predicted octanol–water partition coefficient (Wildman–Crippen LogP) is 3.16. The molecular weight excluding hydrogens is 373 g/mol. The number of rotatable bonds is 9. The van der Waals surface area contributed by atoms with Gasteiger partial charge < -0.3 is 20.1 Å². The van der Waals surface area contributed by atoms with Crippen LogP contribution in [-0.4, -0.2) is 43.9 Å². The van der Waals surface area contributed by atoms with Crippen molar-refractivity contribution in [1.29, 1.82) is 0 Å². The number of benzene rings is 1. The van der Waals surface area contributed by atoms with Crippen LogP contribution in [0.3, 0.4) is 0 Å². The number of pyridine rings is 1. The molecule has 1 heterocycles. The quantitative estimate of drug-likeness (QED) is 0.387. The number of aromatic nitrogens is 1. The number of para-hydroxylation sites is 1. The van der Waals surface area contributed by atoms with Crippen molar-refractivity contribution < 1.29 is 22.6 Å². The highest BCUT2D eigenvalue weighted by Gasteiger charge is 2.29. The molecule has 0 saturated carbocycles. The number of hydrogen-bond donors (Lipinski definition) is 2. The normalized spacial score (nSPS) is 11.8. The highest BCUT2D eigenvalue weighted by atomic mass is 19.4. The van der Waals surface area contributed by atoms with Gasteiger partial charge in [0.1, 0.15) is 5.75 Å². The van der Waals surface area contributed by atoms with Gasteiger partial charge in [-0.15, -0.1) is 0 Å². The van der Waals surface area contributed by atoms with Crippen LogP contribution in [0.2, 0.25) is 0 Å². The van der Waals surface area contributed by atoms with E-state index in [1.54, 1.807) is 19.2 Å². The van der Waals surface area contributed by atoms with Crippen LogP contribution in [-0.2, 0) is 6.54 Å². The molecule has 0 bridgehead atoms. The van der Waals surface area contributed by atoms with Gasteiger partial charge in [-0.25, -0.2) is 4.98 Å². The summed E-state index contributed by atoms with van der Waals surface area (Å²) in [6.07, 6.45) is -2.28. The van der Waals surface area contributed by atoms with Crippen molar-refractivity contribution in [3.05, 3.63) is 54.2 Å². The molecule has 0 aliphatic rings. The lowest BCUT2D eigenvalue weighted by Crippen LogP contribution is -2.37. The third-order valence-electron chi connectivity index (χ3n) is 3.52. The summed E-state index contributed by atoms with van der Waals surface area (Å²) in [5.74, 6) is 1.28. The SMILES string of the molecule is CN=C(NCCCOc1ccccc1)NCc1cccnc1OCC(F)(F)F. The Morgan fingerprint density at radius 2 is 1.86 bits per heavy atom. The van der Waals surface area contributed by atoms with Crippen LogP contribution in [0.25, 0.3) is 0 Å². The zero-order valence-electron chi connectivity index (χ0n) is 15.5. The number of halogens is 3. The summed E-state index contributed by atoms with van der Waals surface area (Å²) in [6, 6.07) is 12.8. The molecular formula is C19H23F3N4O2. The average molecular weight is 396 g/mol. The first-order valence-electron chi connectivity index (χ1n) is 8.74. The van der Waals surface area contributed by atoms with Crippen LogP contribution in [0.5, 0.6) is 11.6 Å². The molecule has 0 radical (unpaired) electrons. The van der Waals surface area contributed by atoms with Crippen LogP contribution in [0.15, 0.2) is 53.7 Å². The minimum atomic E-state index is -4.42. The molecule has 2 rings (SSSR count). The van der Waals surface area contributed by atoms with E-state index in [2.05, 4.69) is 20.6 Å². The summed E-state index contributed by atoms with van der Waals surface area (Å²) < 4.78 is 47.4. The maximum absolute atomic E-state index is 12.3. The van der Waals surface area contributed by atoms with E-state index in [0.717, 1.165) is 12.2 Å². The monoisotopic (exact) mass is 396 g/mol. The van der Waals surface area contributed by atoms with Crippen molar-refractivity contribution >= 4 is 5.96 Å². The first kappa shape index (κ1) is 21.3. The van der Waals surface area contributed by atoms with Gasteiger partial charge in [-0.1, -0.05) is 24.3 Å². The van der Waals surface area contributed by atoms with Crippen LogP contribution < -0.4 is 20.1 Å². The third kappa shape index (κ3) is 8.15. The first-order chi connectivity index (χ1) is 13.5. The Bertz CT molecular complexity index is 739. The van der Waals surface area contributed by atoms with Crippen LogP contribution in [0.1, 0.15) is 12.0 Å². The molecule has 2 N–H and O–H groups in total. The van der Waals surface area contributed by atoms with E-state index in [1.807, 2.05) is 30.3 Å². The Kier molecular flexibility index (Phi) is 8.38. The molecule has 28 heavy (non-hydrogen) atoms. The van der Waals surface area contributed by atoms with Crippen molar-refractivity contribution in [2.45, 2.75) is 19.1 Å². The molecule has 0 aliphatic heterocycles. The Balaban J connectivity index is 1.73. The molecule has 0 aliphatic carbocycles. The smallest absolute Gasteiger partial charge is 0.422 e. The second-order valence-corrected chi connectivity index (χ2v) is 5.74. The first-order valence-corrected chi connectivity index (χ1v) is 8.74. The van der Waals surface area contributed by atoms with E-state index >= 15 is 0 Å². The lowest BCUT2D eigenvalue weighted by molar-refractivity contribution is -0.154. The topological polar surface area (TPSA) is 67.8 Å². The maximum atomic E-state index is 12.3. The van der Waals surface area contributed by atoms with Crippen molar-refractivity contribution in [2.75, 3.05) is 26.8 Å². The number of alkyl halides is 3. The van der Waals surface area contributed by atoms with Gasteiger partial charge in [0, 0.05) is 31.9 Å². The fourth-order valence-electron chi connectivity index (χ4n) is 2.22. The van der Waals surface area contributed by atoms with Gasteiger partial charge in [-0.3, -0.25) is 4.99 Å². The van der Waals surface area contributed by atoms with Crippen molar-refractivity contribution in [2.24, 2.45) is 4.99 Å². The minimum Gasteiger partial charge on any atom is -0.494 e.